The van der Waals surface area contributed by atoms with Crippen LogP contribution in [0.5, 0.6) is 0 Å². The second-order valence-electron chi connectivity index (χ2n) is 2.47. The fourth-order valence-corrected chi connectivity index (χ4v) is 0.626. The smallest absolute Gasteiger partial charge is 0.412 e. The second-order valence-corrected chi connectivity index (χ2v) is 2.47. The molecule has 0 spiro atoms. The van der Waals surface area contributed by atoms with Crippen LogP contribution in [0.2, 0.25) is 0 Å². The molecule has 1 fully saturated rings. The van der Waals surface area contributed by atoms with Crippen molar-refractivity contribution in [3.05, 3.63) is 18.3 Å². The van der Waals surface area contributed by atoms with Crippen LogP contribution in [-0.2, 0) is 27.1 Å². The van der Waals surface area contributed by atoms with Gasteiger partial charge in [0.1, 0.15) is 0 Å². The number of hydrogen-bond acceptors (Lipinski definition) is 2. The van der Waals surface area contributed by atoms with Gasteiger partial charge in [-0.1, -0.05) is 5.76 Å². The molecule has 1 saturated heterocycles. The fourth-order valence-electron chi connectivity index (χ4n) is 0.626. The molecule has 1 radical (unpaired) electrons. The Morgan fingerprint density at radius 2 is 2.00 bits per heavy atom. The Morgan fingerprint density at radius 1 is 1.54 bits per heavy atom. The van der Waals surface area contributed by atoms with Gasteiger partial charge in [-0.15, -0.1) is 0 Å². The molecule has 13 heavy (non-hydrogen) atoms. The molecule has 3 nitrogen and oxygen atoms in total. The number of carbonyl (C=O) groups excluding carboxylic acids is 1. The van der Waals surface area contributed by atoms with Crippen molar-refractivity contribution in [2.45, 2.75) is 20.8 Å². The van der Waals surface area contributed by atoms with Gasteiger partial charge in [0.2, 0.25) is 0 Å². The molecule has 0 aliphatic carbocycles. The molecule has 4 heteroatoms. The van der Waals surface area contributed by atoms with Gasteiger partial charge in [0, 0.05) is 36.0 Å². The normalized spacial score (nSPS) is 17.4. The van der Waals surface area contributed by atoms with Crippen LogP contribution in [0.4, 0.5) is 4.79 Å². The molecule has 1 amide bonds. The van der Waals surface area contributed by atoms with E-state index in [-0.39, 0.29) is 28.5 Å². The molecule has 0 bridgehead atoms. The Hall–Kier alpha value is -0.250. The average molecular weight is 366 g/mol. The van der Waals surface area contributed by atoms with E-state index in [4.69, 9.17) is 4.74 Å². The van der Waals surface area contributed by atoms with Gasteiger partial charge in [-0.3, -0.25) is 0 Å². The number of nitrogens with zero attached hydrogens (tertiary/aromatic N) is 1. The van der Waals surface area contributed by atoms with E-state index >= 15 is 0 Å². The SMILES string of the molecule is C[C-]=C1CN(C)C(=O)O1.C[CH-]C.[Au]. The number of allylic oxidation sites excluding steroid dienone is 1. The van der Waals surface area contributed by atoms with Crippen LogP contribution < -0.4 is 0 Å². The van der Waals surface area contributed by atoms with E-state index in [1.165, 1.54) is 4.90 Å². The minimum atomic E-state index is -0.292. The molecule has 81 valence electrons. The summed E-state index contributed by atoms with van der Waals surface area (Å²) in [6.07, 6.45) is 4.46. The van der Waals surface area contributed by atoms with Gasteiger partial charge in [0.05, 0.1) is 0 Å². The van der Waals surface area contributed by atoms with Gasteiger partial charge < -0.3 is 22.1 Å². The Kier molecular flexibility index (Phi) is 9.79. The number of amides is 1. The zero-order chi connectivity index (χ0) is 9.56. The maximum Gasteiger partial charge on any atom is 0.412 e. The number of carbonyl (C=O) groups is 1. The van der Waals surface area contributed by atoms with Crippen molar-refractivity contribution >= 4 is 6.09 Å². The van der Waals surface area contributed by atoms with Crippen LogP contribution in [0.25, 0.3) is 0 Å². The quantitative estimate of drug-likeness (QED) is 0.485. The molecule has 0 N–H and O–H groups in total. The van der Waals surface area contributed by atoms with Crippen molar-refractivity contribution < 1.29 is 31.9 Å². The predicted octanol–water partition coefficient (Wildman–Crippen LogP) is 2.00. The summed E-state index contributed by atoms with van der Waals surface area (Å²) in [6.45, 7) is 6.27. The maximum atomic E-state index is 10.6. The van der Waals surface area contributed by atoms with Gasteiger partial charge in [0.15, 0.2) is 0 Å². The molecule has 0 aromatic carbocycles. The van der Waals surface area contributed by atoms with E-state index in [9.17, 15) is 4.79 Å². The van der Waals surface area contributed by atoms with Crippen LogP contribution in [0.3, 0.4) is 0 Å². The van der Waals surface area contributed by atoms with Gasteiger partial charge in [-0.2, -0.15) is 20.8 Å². The minimum absolute atomic E-state index is 0. The number of likely N-dealkylation sites (N-methyl/N-ethyl adjacent to an activating group) is 1. The summed E-state index contributed by atoms with van der Waals surface area (Å²) in [7, 11) is 1.69. The average Bonchev–Trinajstić information content (AvgIpc) is 2.33. The van der Waals surface area contributed by atoms with Crippen molar-refractivity contribution in [2.24, 2.45) is 0 Å². The molecule has 0 atom stereocenters. The number of rotatable bonds is 0. The van der Waals surface area contributed by atoms with Gasteiger partial charge in [-0.25, -0.2) is 4.79 Å². The third-order valence-electron chi connectivity index (χ3n) is 1.18. The minimum Gasteiger partial charge on any atom is -0.457 e. The van der Waals surface area contributed by atoms with E-state index in [1.54, 1.807) is 14.0 Å². The largest absolute Gasteiger partial charge is 0.457 e. The Bertz CT molecular complexity index is 180. The standard InChI is InChI=1S/C6H8NO2.C3H7.Au/c1-3-5-4-7(2)6(8)9-5;1-3-2;/h4H2,1-2H3;3H,1-2H3;/q2*-1;. The van der Waals surface area contributed by atoms with Crippen molar-refractivity contribution in [1.29, 1.82) is 0 Å². The van der Waals surface area contributed by atoms with Crippen LogP contribution in [0, 0.1) is 12.5 Å². The summed E-state index contributed by atoms with van der Waals surface area (Å²) in [6, 6.07) is 0. The first-order valence-corrected chi connectivity index (χ1v) is 3.86. The van der Waals surface area contributed by atoms with Crippen LogP contribution in [0.15, 0.2) is 5.76 Å². The molecule has 0 saturated carbocycles. The van der Waals surface area contributed by atoms with Crippen molar-refractivity contribution in [2.75, 3.05) is 13.6 Å². The van der Waals surface area contributed by atoms with E-state index in [0.29, 0.717) is 12.3 Å². The summed E-state index contributed by atoms with van der Waals surface area (Å²) in [4.78, 5) is 12.1. The first kappa shape index (κ1) is 15.2. The van der Waals surface area contributed by atoms with Gasteiger partial charge in [-0.05, 0) is 0 Å². The second kappa shape index (κ2) is 8.35. The molecule has 1 aliphatic rings. The Balaban J connectivity index is 0. The van der Waals surface area contributed by atoms with Crippen LogP contribution >= 0.6 is 0 Å². The Labute approximate surface area is 95.6 Å². The van der Waals surface area contributed by atoms with Crippen LogP contribution in [0.1, 0.15) is 20.8 Å². The maximum absolute atomic E-state index is 10.6. The van der Waals surface area contributed by atoms with E-state index < -0.39 is 0 Å². The van der Waals surface area contributed by atoms with E-state index in [2.05, 4.69) is 6.08 Å². The van der Waals surface area contributed by atoms with Crippen molar-refractivity contribution in [3.63, 3.8) is 0 Å². The predicted molar refractivity (Wildman–Crippen MR) is 47.2 cm³/mol. The van der Waals surface area contributed by atoms with E-state index in [0.717, 1.165) is 0 Å². The first-order chi connectivity index (χ1) is 5.65. The molecular weight excluding hydrogens is 351 g/mol. The zero-order valence-corrected chi connectivity index (χ0v) is 10.5. The Morgan fingerprint density at radius 3 is 2.15 bits per heavy atom. The van der Waals surface area contributed by atoms with Gasteiger partial charge >= 0.3 is 6.09 Å². The molecule has 1 rings (SSSR count). The third kappa shape index (κ3) is 5.91. The molecule has 1 aliphatic heterocycles. The topological polar surface area (TPSA) is 29.5 Å². The number of ether oxygens (including phenoxy) is 1. The number of hydrogen-bond donors (Lipinski definition) is 0. The van der Waals surface area contributed by atoms with Crippen molar-refractivity contribution in [1.82, 2.24) is 4.90 Å². The summed E-state index contributed by atoms with van der Waals surface area (Å²) in [5, 5.41) is 0. The summed E-state index contributed by atoms with van der Waals surface area (Å²) in [5.41, 5.74) is 0. The summed E-state index contributed by atoms with van der Waals surface area (Å²) in [5.74, 6) is 0.613. The van der Waals surface area contributed by atoms with Crippen LogP contribution in [-0.4, -0.2) is 24.6 Å². The summed E-state index contributed by atoms with van der Waals surface area (Å²) < 4.78 is 4.72. The van der Waals surface area contributed by atoms with Crippen molar-refractivity contribution in [3.8, 4) is 0 Å². The van der Waals surface area contributed by atoms with E-state index in [1.807, 2.05) is 20.3 Å². The summed E-state index contributed by atoms with van der Waals surface area (Å²) >= 11 is 0. The molecule has 0 unspecified atom stereocenters. The zero-order valence-electron chi connectivity index (χ0n) is 8.35. The number of cyclic esters (lactones) is 1. The molecule has 1 heterocycles. The third-order valence-corrected chi connectivity index (χ3v) is 1.18. The molecule has 0 aromatic heterocycles. The fraction of sp³-hybridized carbons (Fsp3) is 0.556. The molecular formula is C9H15AuNO2-2. The van der Waals surface area contributed by atoms with Gasteiger partial charge in [0.25, 0.3) is 0 Å². The first-order valence-electron chi connectivity index (χ1n) is 3.86. The monoisotopic (exact) mass is 366 g/mol. The molecule has 0 aromatic rings.